The number of rotatable bonds is 5. The molecule has 0 radical (unpaired) electrons. The number of hydrogen-bond donors (Lipinski definition) is 1. The van der Waals surface area contributed by atoms with E-state index in [4.69, 9.17) is 16.3 Å². The molecule has 0 saturated carbocycles. The molecule has 2 aromatic rings. The van der Waals surface area contributed by atoms with Crippen LogP contribution in [0.25, 0.3) is 0 Å². The topological polar surface area (TPSA) is 21.3 Å². The molecule has 0 bridgehead atoms. The Bertz CT molecular complexity index is 577. The second kappa shape index (κ2) is 9.83. The van der Waals surface area contributed by atoms with Gasteiger partial charge in [0.15, 0.2) is 0 Å². The summed E-state index contributed by atoms with van der Waals surface area (Å²) in [5.74, 6) is 0. The lowest BCUT2D eigenvalue weighted by molar-refractivity contribution is 0.0565. The first kappa shape index (κ1) is 19.0. The molecule has 0 aliphatic carbocycles. The summed E-state index contributed by atoms with van der Waals surface area (Å²) in [6.07, 6.45) is 2.20. The van der Waals surface area contributed by atoms with Crippen molar-refractivity contribution in [2.24, 2.45) is 0 Å². The van der Waals surface area contributed by atoms with E-state index < -0.39 is 0 Å². The van der Waals surface area contributed by atoms with Gasteiger partial charge < -0.3 is 10.1 Å². The summed E-state index contributed by atoms with van der Waals surface area (Å²) in [4.78, 5) is 0. The second-order valence-electron chi connectivity index (χ2n) is 6.02. The average molecular weight is 346 g/mol. The number of halogens is 1. The van der Waals surface area contributed by atoms with Crippen molar-refractivity contribution in [1.82, 2.24) is 5.32 Å². The zero-order chi connectivity index (χ0) is 17.3. The molecule has 3 heteroatoms. The van der Waals surface area contributed by atoms with Crippen LogP contribution in [-0.4, -0.2) is 19.7 Å². The van der Waals surface area contributed by atoms with Gasteiger partial charge in [-0.05, 0) is 49.2 Å². The average Bonchev–Trinajstić information content (AvgIpc) is 2.65. The summed E-state index contributed by atoms with van der Waals surface area (Å²) in [5, 5.41) is 4.24. The summed E-state index contributed by atoms with van der Waals surface area (Å²) in [5.41, 5.74) is 2.67. The van der Waals surface area contributed by atoms with Gasteiger partial charge in [0.1, 0.15) is 0 Å². The van der Waals surface area contributed by atoms with E-state index in [1.54, 1.807) is 0 Å². The lowest BCUT2D eigenvalue weighted by atomic mass is 9.74. The van der Waals surface area contributed by atoms with Crippen molar-refractivity contribution in [3.8, 4) is 0 Å². The molecule has 1 aliphatic heterocycles. The highest BCUT2D eigenvalue weighted by Crippen LogP contribution is 2.34. The van der Waals surface area contributed by atoms with Gasteiger partial charge >= 0.3 is 0 Å². The summed E-state index contributed by atoms with van der Waals surface area (Å²) in [7, 11) is 0. The highest BCUT2D eigenvalue weighted by Gasteiger charge is 2.34. The zero-order valence-corrected chi connectivity index (χ0v) is 15.5. The van der Waals surface area contributed by atoms with Crippen LogP contribution in [0.3, 0.4) is 0 Å². The van der Waals surface area contributed by atoms with Crippen LogP contribution in [0.1, 0.15) is 37.8 Å². The molecule has 3 rings (SSSR count). The summed E-state index contributed by atoms with van der Waals surface area (Å²) >= 11 is 6.04. The lowest BCUT2D eigenvalue weighted by Crippen LogP contribution is -2.43. The third-order valence-electron chi connectivity index (χ3n) is 4.51. The molecule has 24 heavy (non-hydrogen) atoms. The molecule has 0 aromatic heterocycles. The quantitative estimate of drug-likeness (QED) is 0.803. The molecule has 0 atom stereocenters. The maximum absolute atomic E-state index is 6.09. The van der Waals surface area contributed by atoms with Gasteiger partial charge in [0, 0.05) is 10.4 Å². The number of nitrogens with one attached hydrogen (secondary N) is 1. The van der Waals surface area contributed by atoms with Crippen molar-refractivity contribution in [2.45, 2.75) is 38.7 Å². The van der Waals surface area contributed by atoms with Crippen molar-refractivity contribution in [2.75, 3.05) is 19.7 Å². The summed E-state index contributed by atoms with van der Waals surface area (Å²) in [6.45, 7) is 7.50. The molecule has 0 amide bonds. The largest absolute Gasteiger partial charge is 0.376 e. The van der Waals surface area contributed by atoms with E-state index in [9.17, 15) is 0 Å². The van der Waals surface area contributed by atoms with Crippen molar-refractivity contribution in [3.05, 3.63) is 70.7 Å². The SMILES string of the molecule is CC.Clc1ccc(C2(COCc3ccccc3)CCNCC2)cc1. The van der Waals surface area contributed by atoms with E-state index in [-0.39, 0.29) is 5.41 Å². The van der Waals surface area contributed by atoms with Crippen molar-refractivity contribution in [3.63, 3.8) is 0 Å². The molecule has 2 aromatic carbocycles. The van der Waals surface area contributed by atoms with E-state index in [0.29, 0.717) is 6.61 Å². The predicted molar refractivity (Wildman–Crippen MR) is 103 cm³/mol. The normalized spacial score (nSPS) is 16.1. The molecule has 130 valence electrons. The molecule has 0 unspecified atom stereocenters. The Hall–Kier alpha value is -1.35. The fraction of sp³-hybridized carbons (Fsp3) is 0.429. The van der Waals surface area contributed by atoms with Gasteiger partial charge in [-0.15, -0.1) is 0 Å². The lowest BCUT2D eigenvalue weighted by Gasteiger charge is -2.38. The molecule has 0 spiro atoms. The molecular weight excluding hydrogens is 318 g/mol. The minimum atomic E-state index is 0.102. The smallest absolute Gasteiger partial charge is 0.0717 e. The Morgan fingerprint density at radius 2 is 1.58 bits per heavy atom. The number of hydrogen-bond acceptors (Lipinski definition) is 2. The third-order valence-corrected chi connectivity index (χ3v) is 4.76. The molecular formula is C21H28ClNO. The Morgan fingerprint density at radius 3 is 2.21 bits per heavy atom. The van der Waals surface area contributed by atoms with Gasteiger partial charge in [-0.3, -0.25) is 0 Å². The molecule has 1 fully saturated rings. The molecule has 1 saturated heterocycles. The van der Waals surface area contributed by atoms with Crippen LogP contribution in [0.2, 0.25) is 5.02 Å². The highest BCUT2D eigenvalue weighted by atomic mass is 35.5. The van der Waals surface area contributed by atoms with Gasteiger partial charge in [-0.2, -0.15) is 0 Å². The number of benzene rings is 2. The minimum Gasteiger partial charge on any atom is -0.376 e. The molecule has 1 heterocycles. The van der Waals surface area contributed by atoms with E-state index in [2.05, 4.69) is 41.7 Å². The Labute approximate surface area is 151 Å². The molecule has 1 aliphatic rings. The summed E-state index contributed by atoms with van der Waals surface area (Å²) in [6, 6.07) is 18.6. The van der Waals surface area contributed by atoms with Crippen molar-refractivity contribution >= 4 is 11.6 Å². The van der Waals surface area contributed by atoms with E-state index >= 15 is 0 Å². The predicted octanol–water partition coefficient (Wildman–Crippen LogP) is 5.20. The second-order valence-corrected chi connectivity index (χ2v) is 6.45. The highest BCUT2D eigenvalue weighted by molar-refractivity contribution is 6.30. The standard InChI is InChI=1S/C19H22ClNO.C2H6/c20-18-8-6-17(7-9-18)19(10-12-21-13-11-19)15-22-14-16-4-2-1-3-5-16;1-2/h1-9,21H,10-15H2;1-2H3. The molecule has 2 nitrogen and oxygen atoms in total. The van der Waals surface area contributed by atoms with Crippen LogP contribution in [0.4, 0.5) is 0 Å². The van der Waals surface area contributed by atoms with Gasteiger partial charge in [-0.1, -0.05) is 67.9 Å². The van der Waals surface area contributed by atoms with E-state index in [1.165, 1.54) is 11.1 Å². The van der Waals surface area contributed by atoms with Crippen LogP contribution < -0.4 is 5.32 Å². The first-order valence-electron chi connectivity index (χ1n) is 8.87. The Kier molecular flexibility index (Phi) is 7.77. The van der Waals surface area contributed by atoms with Crippen molar-refractivity contribution in [1.29, 1.82) is 0 Å². The van der Waals surface area contributed by atoms with Gasteiger partial charge in [-0.25, -0.2) is 0 Å². The monoisotopic (exact) mass is 345 g/mol. The van der Waals surface area contributed by atoms with Crippen LogP contribution in [0.15, 0.2) is 54.6 Å². The fourth-order valence-corrected chi connectivity index (χ4v) is 3.29. The number of ether oxygens (including phenoxy) is 1. The van der Waals surface area contributed by atoms with Crippen molar-refractivity contribution < 1.29 is 4.74 Å². The zero-order valence-electron chi connectivity index (χ0n) is 14.7. The first-order valence-corrected chi connectivity index (χ1v) is 9.25. The van der Waals surface area contributed by atoms with Gasteiger partial charge in [0.25, 0.3) is 0 Å². The maximum atomic E-state index is 6.09. The van der Waals surface area contributed by atoms with E-state index in [1.807, 2.05) is 32.0 Å². The summed E-state index contributed by atoms with van der Waals surface area (Å²) < 4.78 is 6.09. The van der Waals surface area contributed by atoms with Gasteiger partial charge in [0.05, 0.1) is 13.2 Å². The van der Waals surface area contributed by atoms with Crippen LogP contribution in [-0.2, 0) is 16.8 Å². The Balaban J connectivity index is 0.00000100. The third kappa shape index (κ3) is 5.07. The van der Waals surface area contributed by atoms with Gasteiger partial charge in [0.2, 0.25) is 0 Å². The Morgan fingerprint density at radius 1 is 0.958 bits per heavy atom. The molecule has 1 N–H and O–H groups in total. The van der Waals surface area contributed by atoms with Crippen LogP contribution in [0, 0.1) is 0 Å². The first-order chi connectivity index (χ1) is 11.8. The van der Waals surface area contributed by atoms with Crippen LogP contribution >= 0.6 is 11.6 Å². The number of piperidine rings is 1. The fourth-order valence-electron chi connectivity index (χ4n) is 3.16. The minimum absolute atomic E-state index is 0.102. The maximum Gasteiger partial charge on any atom is 0.0717 e. The van der Waals surface area contributed by atoms with E-state index in [0.717, 1.165) is 37.6 Å². The van der Waals surface area contributed by atoms with Crippen LogP contribution in [0.5, 0.6) is 0 Å².